The lowest BCUT2D eigenvalue weighted by molar-refractivity contribution is 0.170. The minimum absolute atomic E-state index is 0.498. The first-order chi connectivity index (χ1) is 10.3. The monoisotopic (exact) mass is 278 g/mol. The number of para-hydroxylation sites is 1. The summed E-state index contributed by atoms with van der Waals surface area (Å²) in [4.78, 5) is 0. The molecule has 2 heteroatoms. The number of aliphatic hydroxyl groups is 1. The summed E-state index contributed by atoms with van der Waals surface area (Å²) < 4.78 is 5.98. The molecule has 21 heavy (non-hydrogen) atoms. The van der Waals surface area contributed by atoms with Gasteiger partial charge in [0.2, 0.25) is 0 Å². The highest BCUT2D eigenvalue weighted by Crippen LogP contribution is 2.32. The highest BCUT2D eigenvalue weighted by molar-refractivity contribution is 5.83. The minimum atomic E-state index is -0.498. The Labute approximate surface area is 124 Å². The van der Waals surface area contributed by atoms with Crippen molar-refractivity contribution in [1.29, 1.82) is 0 Å². The molecule has 3 aromatic rings. The molecule has 0 saturated carbocycles. The van der Waals surface area contributed by atoms with Gasteiger partial charge in [0.1, 0.15) is 11.5 Å². The van der Waals surface area contributed by atoms with Crippen molar-refractivity contribution in [2.45, 2.75) is 19.4 Å². The lowest BCUT2D eigenvalue weighted by atomic mass is 10.1. The highest BCUT2D eigenvalue weighted by atomic mass is 16.5. The van der Waals surface area contributed by atoms with Crippen LogP contribution in [0.3, 0.4) is 0 Å². The Hall–Kier alpha value is -2.32. The molecule has 0 spiro atoms. The molecule has 0 saturated heterocycles. The maximum Gasteiger partial charge on any atom is 0.133 e. The third-order valence-electron chi connectivity index (χ3n) is 3.61. The number of benzene rings is 3. The van der Waals surface area contributed by atoms with Crippen LogP contribution in [0.25, 0.3) is 10.8 Å². The van der Waals surface area contributed by atoms with Crippen LogP contribution in [0.2, 0.25) is 0 Å². The summed E-state index contributed by atoms with van der Waals surface area (Å²) >= 11 is 0. The van der Waals surface area contributed by atoms with Crippen LogP contribution >= 0.6 is 0 Å². The lowest BCUT2D eigenvalue weighted by Gasteiger charge is -2.15. The fourth-order valence-corrected chi connectivity index (χ4v) is 2.43. The van der Waals surface area contributed by atoms with Crippen LogP contribution in [0.1, 0.15) is 25.0 Å². The molecule has 1 atom stereocenters. The van der Waals surface area contributed by atoms with E-state index in [4.69, 9.17) is 4.74 Å². The predicted molar refractivity (Wildman–Crippen MR) is 85.7 cm³/mol. The van der Waals surface area contributed by atoms with Crippen LogP contribution in [0.15, 0.2) is 66.7 Å². The first-order valence-electron chi connectivity index (χ1n) is 7.21. The molecular formula is C19H18O2. The standard InChI is InChI=1S/C19H18O2/c1-2-18(20)17-9-5-6-10-19(17)21-16-12-11-14-7-3-4-8-15(14)13-16/h3-13,18,20H,2H2,1H3. The topological polar surface area (TPSA) is 29.5 Å². The van der Waals surface area contributed by atoms with E-state index in [0.29, 0.717) is 12.2 Å². The first-order valence-corrected chi connectivity index (χ1v) is 7.21. The number of aliphatic hydroxyl groups excluding tert-OH is 1. The average Bonchev–Trinajstić information content (AvgIpc) is 2.54. The Balaban J connectivity index is 1.95. The molecule has 0 aliphatic carbocycles. The van der Waals surface area contributed by atoms with E-state index in [-0.39, 0.29) is 0 Å². The maximum absolute atomic E-state index is 10.1. The molecule has 106 valence electrons. The van der Waals surface area contributed by atoms with Crippen LogP contribution in [0, 0.1) is 0 Å². The van der Waals surface area contributed by atoms with E-state index in [9.17, 15) is 5.11 Å². The molecule has 2 nitrogen and oxygen atoms in total. The average molecular weight is 278 g/mol. The van der Waals surface area contributed by atoms with Crippen LogP contribution in [-0.4, -0.2) is 5.11 Å². The first kappa shape index (κ1) is 13.7. The van der Waals surface area contributed by atoms with E-state index in [2.05, 4.69) is 12.1 Å². The number of hydrogen-bond donors (Lipinski definition) is 1. The van der Waals surface area contributed by atoms with Gasteiger partial charge in [0.15, 0.2) is 0 Å². The SMILES string of the molecule is CCC(O)c1ccccc1Oc1ccc2ccccc2c1. The Kier molecular flexibility index (Phi) is 3.89. The summed E-state index contributed by atoms with van der Waals surface area (Å²) in [6.07, 6.45) is 0.166. The van der Waals surface area contributed by atoms with Crippen LogP contribution in [-0.2, 0) is 0 Å². The van der Waals surface area contributed by atoms with Crippen molar-refractivity contribution in [1.82, 2.24) is 0 Å². The molecule has 0 fully saturated rings. The third kappa shape index (κ3) is 2.91. The molecule has 1 N–H and O–H groups in total. The van der Waals surface area contributed by atoms with E-state index in [1.54, 1.807) is 0 Å². The van der Waals surface area contributed by atoms with E-state index >= 15 is 0 Å². The smallest absolute Gasteiger partial charge is 0.133 e. The summed E-state index contributed by atoms with van der Waals surface area (Å²) in [5, 5.41) is 12.4. The van der Waals surface area contributed by atoms with Crippen LogP contribution in [0.5, 0.6) is 11.5 Å². The molecule has 3 aromatic carbocycles. The zero-order valence-electron chi connectivity index (χ0n) is 12.0. The number of hydrogen-bond acceptors (Lipinski definition) is 2. The van der Waals surface area contributed by atoms with Gasteiger partial charge in [0, 0.05) is 5.56 Å². The highest BCUT2D eigenvalue weighted by Gasteiger charge is 2.11. The van der Waals surface area contributed by atoms with Crippen molar-refractivity contribution >= 4 is 10.8 Å². The lowest BCUT2D eigenvalue weighted by Crippen LogP contribution is -1.98. The predicted octanol–water partition coefficient (Wildman–Crippen LogP) is 5.08. The van der Waals surface area contributed by atoms with Gasteiger partial charge in [0.05, 0.1) is 6.10 Å². The molecule has 0 amide bonds. The molecule has 0 bridgehead atoms. The van der Waals surface area contributed by atoms with Crippen molar-refractivity contribution in [3.05, 3.63) is 72.3 Å². The molecule has 0 heterocycles. The zero-order chi connectivity index (χ0) is 14.7. The van der Waals surface area contributed by atoms with Crippen LogP contribution < -0.4 is 4.74 Å². The van der Waals surface area contributed by atoms with Gasteiger partial charge in [-0.15, -0.1) is 0 Å². The molecular weight excluding hydrogens is 260 g/mol. The Morgan fingerprint density at radius 1 is 0.905 bits per heavy atom. The second-order valence-electron chi connectivity index (χ2n) is 5.07. The van der Waals surface area contributed by atoms with E-state index < -0.39 is 6.10 Å². The summed E-state index contributed by atoms with van der Waals surface area (Å²) in [5.41, 5.74) is 0.827. The van der Waals surface area contributed by atoms with Crippen LogP contribution in [0.4, 0.5) is 0 Å². The molecule has 0 aliphatic rings. The second-order valence-corrected chi connectivity index (χ2v) is 5.07. The van der Waals surface area contributed by atoms with E-state index in [1.807, 2.05) is 61.5 Å². The molecule has 1 unspecified atom stereocenters. The molecule has 0 aliphatic heterocycles. The van der Waals surface area contributed by atoms with E-state index in [1.165, 1.54) is 5.39 Å². The minimum Gasteiger partial charge on any atom is -0.457 e. The Morgan fingerprint density at radius 2 is 1.62 bits per heavy atom. The zero-order valence-corrected chi connectivity index (χ0v) is 12.0. The second kappa shape index (κ2) is 5.98. The third-order valence-corrected chi connectivity index (χ3v) is 3.61. The van der Waals surface area contributed by atoms with Gasteiger partial charge >= 0.3 is 0 Å². The molecule has 0 aromatic heterocycles. The van der Waals surface area contributed by atoms with Crippen molar-refractivity contribution in [3.63, 3.8) is 0 Å². The van der Waals surface area contributed by atoms with Gasteiger partial charge in [-0.2, -0.15) is 0 Å². The quantitative estimate of drug-likeness (QED) is 0.721. The van der Waals surface area contributed by atoms with Gasteiger partial charge in [-0.3, -0.25) is 0 Å². The fraction of sp³-hybridized carbons (Fsp3) is 0.158. The largest absolute Gasteiger partial charge is 0.457 e. The van der Waals surface area contributed by atoms with Crippen molar-refractivity contribution in [3.8, 4) is 11.5 Å². The van der Waals surface area contributed by atoms with Gasteiger partial charge in [-0.1, -0.05) is 55.5 Å². The van der Waals surface area contributed by atoms with Crippen molar-refractivity contribution < 1.29 is 9.84 Å². The van der Waals surface area contributed by atoms with Gasteiger partial charge < -0.3 is 9.84 Å². The molecule has 3 rings (SSSR count). The Morgan fingerprint density at radius 3 is 2.43 bits per heavy atom. The van der Waals surface area contributed by atoms with Gasteiger partial charge in [-0.05, 0) is 35.4 Å². The normalized spacial score (nSPS) is 12.3. The van der Waals surface area contributed by atoms with Crippen molar-refractivity contribution in [2.75, 3.05) is 0 Å². The summed E-state index contributed by atoms with van der Waals surface area (Å²) in [6.45, 7) is 1.96. The number of ether oxygens (including phenoxy) is 1. The molecule has 0 radical (unpaired) electrons. The summed E-state index contributed by atoms with van der Waals surface area (Å²) in [6, 6.07) is 21.8. The summed E-state index contributed by atoms with van der Waals surface area (Å²) in [5.74, 6) is 1.49. The summed E-state index contributed by atoms with van der Waals surface area (Å²) in [7, 11) is 0. The van der Waals surface area contributed by atoms with Gasteiger partial charge in [0.25, 0.3) is 0 Å². The Bertz CT molecular complexity index is 749. The van der Waals surface area contributed by atoms with Crippen molar-refractivity contribution in [2.24, 2.45) is 0 Å². The maximum atomic E-state index is 10.1. The number of fused-ring (bicyclic) bond motifs is 1. The fourth-order valence-electron chi connectivity index (χ4n) is 2.43. The van der Waals surface area contributed by atoms with E-state index in [0.717, 1.165) is 16.7 Å². The number of rotatable bonds is 4. The van der Waals surface area contributed by atoms with Gasteiger partial charge in [-0.25, -0.2) is 0 Å².